The number of carbonyl (C=O) groups is 3. The lowest BCUT2D eigenvalue weighted by Gasteiger charge is -2.14. The average Bonchev–Trinajstić information content (AvgIpc) is 3.15. The Morgan fingerprint density at radius 3 is 2.31 bits per heavy atom. The molecule has 8 nitrogen and oxygen atoms in total. The number of aromatic carboxylic acids is 1. The van der Waals surface area contributed by atoms with E-state index in [2.05, 4.69) is 21.8 Å². The van der Waals surface area contributed by atoms with Crippen LogP contribution in [0.3, 0.4) is 0 Å². The third-order valence-corrected chi connectivity index (χ3v) is 6.19. The maximum absolute atomic E-state index is 12.7. The summed E-state index contributed by atoms with van der Waals surface area (Å²) < 4.78 is 2.08. The van der Waals surface area contributed by atoms with Gasteiger partial charge in [-0.2, -0.15) is 0 Å². The van der Waals surface area contributed by atoms with Crippen molar-refractivity contribution in [1.29, 1.82) is 0 Å². The number of carboxylic acid groups (broad SMARTS) is 1. The van der Waals surface area contributed by atoms with E-state index in [1.54, 1.807) is 43.3 Å². The van der Waals surface area contributed by atoms with Gasteiger partial charge in [0.15, 0.2) is 5.15 Å². The van der Waals surface area contributed by atoms with Crippen LogP contribution >= 0.6 is 11.6 Å². The number of unbranched alkanes of at least 4 members (excludes halogenated alkanes) is 1. The lowest BCUT2D eigenvalue weighted by molar-refractivity contribution is -0.128. The Bertz CT molecular complexity index is 1240. The van der Waals surface area contributed by atoms with E-state index in [0.29, 0.717) is 30.2 Å². The number of nitrogens with one attached hydrogen (secondary N) is 1. The Morgan fingerprint density at radius 2 is 1.69 bits per heavy atom. The van der Waals surface area contributed by atoms with Gasteiger partial charge in [0.2, 0.25) is 5.91 Å². The Labute approximate surface area is 215 Å². The molecule has 9 heteroatoms. The van der Waals surface area contributed by atoms with Crippen molar-refractivity contribution in [2.75, 3.05) is 19.4 Å². The summed E-state index contributed by atoms with van der Waals surface area (Å²) in [5, 5.41) is 12.5. The molecule has 3 aromatic rings. The smallest absolute Gasteiger partial charge is 0.336 e. The summed E-state index contributed by atoms with van der Waals surface area (Å²) in [4.78, 5) is 42.4. The molecular weight excluding hydrogens is 480 g/mol. The van der Waals surface area contributed by atoms with E-state index in [1.165, 1.54) is 12.1 Å². The van der Waals surface area contributed by atoms with Gasteiger partial charge in [-0.3, -0.25) is 9.59 Å². The van der Waals surface area contributed by atoms with Gasteiger partial charge in [-0.15, -0.1) is 0 Å². The zero-order chi connectivity index (χ0) is 26.2. The molecule has 2 N–H and O–H groups in total. The second-order valence-corrected chi connectivity index (χ2v) is 9.10. The van der Waals surface area contributed by atoms with Gasteiger partial charge in [-0.1, -0.05) is 49.2 Å². The number of rotatable bonds is 11. The zero-order valence-corrected chi connectivity index (χ0v) is 21.5. The van der Waals surface area contributed by atoms with Crippen LogP contribution in [0.5, 0.6) is 0 Å². The van der Waals surface area contributed by atoms with Crippen molar-refractivity contribution in [2.24, 2.45) is 0 Å². The van der Waals surface area contributed by atoms with E-state index in [0.717, 1.165) is 36.3 Å². The first-order valence-corrected chi connectivity index (χ1v) is 12.3. The van der Waals surface area contributed by atoms with E-state index in [-0.39, 0.29) is 17.0 Å². The number of imidazole rings is 1. The lowest BCUT2D eigenvalue weighted by Crippen LogP contribution is -2.22. The molecule has 2 aromatic carbocycles. The van der Waals surface area contributed by atoms with Crippen molar-refractivity contribution in [1.82, 2.24) is 14.5 Å². The molecule has 2 amide bonds. The number of nitrogens with zero attached hydrogens (tertiary/aromatic N) is 3. The van der Waals surface area contributed by atoms with E-state index in [9.17, 15) is 19.5 Å². The number of halogens is 1. The van der Waals surface area contributed by atoms with Gasteiger partial charge < -0.3 is 19.9 Å². The van der Waals surface area contributed by atoms with Crippen LogP contribution in [0.25, 0.3) is 0 Å². The number of carboxylic acids is 1. The van der Waals surface area contributed by atoms with Crippen LogP contribution in [0.4, 0.5) is 5.69 Å². The highest BCUT2D eigenvalue weighted by molar-refractivity contribution is 6.30. The number of aryl methyl sites for hydroxylation is 1. The molecule has 1 heterocycles. The van der Waals surface area contributed by atoms with Crippen LogP contribution in [-0.2, 0) is 24.2 Å². The summed E-state index contributed by atoms with van der Waals surface area (Å²) in [5.74, 6) is -0.732. The largest absolute Gasteiger partial charge is 0.478 e. The van der Waals surface area contributed by atoms with Gasteiger partial charge in [0.25, 0.3) is 5.91 Å². The molecule has 0 saturated heterocycles. The molecule has 36 heavy (non-hydrogen) atoms. The molecule has 3 rings (SSSR count). The predicted molar refractivity (Wildman–Crippen MR) is 140 cm³/mol. The number of carbonyl (C=O) groups excluding carboxylic acids is 2. The normalized spacial score (nSPS) is 10.8. The van der Waals surface area contributed by atoms with Gasteiger partial charge in [-0.05, 0) is 42.7 Å². The molecule has 0 aliphatic heterocycles. The van der Waals surface area contributed by atoms with E-state index in [1.807, 2.05) is 12.1 Å². The van der Waals surface area contributed by atoms with Crippen molar-refractivity contribution >= 4 is 35.1 Å². The van der Waals surface area contributed by atoms with Crippen LogP contribution in [0, 0.1) is 0 Å². The fourth-order valence-corrected chi connectivity index (χ4v) is 4.14. The van der Waals surface area contributed by atoms with Gasteiger partial charge in [0.05, 0.1) is 16.8 Å². The Kier molecular flexibility index (Phi) is 9.25. The van der Waals surface area contributed by atoms with Gasteiger partial charge in [0, 0.05) is 39.2 Å². The van der Waals surface area contributed by atoms with Crippen molar-refractivity contribution in [3.63, 3.8) is 0 Å². The van der Waals surface area contributed by atoms with Gasteiger partial charge in [-0.25, -0.2) is 9.78 Å². The first kappa shape index (κ1) is 26.9. The second kappa shape index (κ2) is 12.4. The number of anilines is 1. The second-order valence-electron chi connectivity index (χ2n) is 8.75. The molecule has 0 spiro atoms. The first-order valence-electron chi connectivity index (χ1n) is 11.9. The molecule has 0 radical (unpaired) electrons. The molecule has 0 aliphatic carbocycles. The topological polar surface area (TPSA) is 105 Å². The highest BCUT2D eigenvalue weighted by atomic mass is 35.5. The minimum absolute atomic E-state index is 0.0264. The third-order valence-electron chi connectivity index (χ3n) is 5.89. The number of amides is 2. The summed E-state index contributed by atoms with van der Waals surface area (Å²) in [6.45, 7) is 2.65. The van der Waals surface area contributed by atoms with Crippen LogP contribution in [-0.4, -0.2) is 51.4 Å². The fourth-order valence-electron chi connectivity index (χ4n) is 3.85. The molecule has 190 valence electrons. The monoisotopic (exact) mass is 510 g/mol. The average molecular weight is 511 g/mol. The maximum Gasteiger partial charge on any atom is 0.336 e. The Balaban J connectivity index is 1.78. The van der Waals surface area contributed by atoms with E-state index >= 15 is 0 Å². The molecule has 0 unspecified atom stereocenters. The van der Waals surface area contributed by atoms with E-state index in [4.69, 9.17) is 11.6 Å². The summed E-state index contributed by atoms with van der Waals surface area (Å²) in [7, 11) is 3.46. The number of benzene rings is 2. The maximum atomic E-state index is 12.7. The summed E-state index contributed by atoms with van der Waals surface area (Å²) in [6.07, 6.45) is 3.63. The lowest BCUT2D eigenvalue weighted by atomic mass is 10.1. The van der Waals surface area contributed by atoms with Crippen molar-refractivity contribution < 1.29 is 19.5 Å². The SMILES string of the molecule is CCCCc1nc(Cl)c(CCC(=O)N(C)C)n1Cc1ccc(NC(=O)c2ccccc2C(=O)O)cc1. The van der Waals surface area contributed by atoms with Crippen LogP contribution in [0.15, 0.2) is 48.5 Å². The zero-order valence-electron chi connectivity index (χ0n) is 20.8. The molecule has 0 bridgehead atoms. The van der Waals surface area contributed by atoms with Crippen LogP contribution in [0.2, 0.25) is 5.15 Å². The van der Waals surface area contributed by atoms with Crippen molar-refractivity contribution in [3.8, 4) is 0 Å². The number of hydrogen-bond donors (Lipinski definition) is 2. The van der Waals surface area contributed by atoms with Crippen molar-refractivity contribution in [2.45, 2.75) is 45.6 Å². The third kappa shape index (κ3) is 6.73. The Hall–Kier alpha value is -3.65. The first-order chi connectivity index (χ1) is 17.2. The quantitative estimate of drug-likeness (QED) is 0.382. The molecule has 0 aliphatic rings. The summed E-state index contributed by atoms with van der Waals surface area (Å²) in [6, 6.07) is 13.4. The minimum atomic E-state index is -1.16. The van der Waals surface area contributed by atoms with Gasteiger partial charge >= 0.3 is 5.97 Å². The van der Waals surface area contributed by atoms with E-state index < -0.39 is 11.9 Å². The predicted octanol–water partition coefficient (Wildman–Crippen LogP) is 4.90. The minimum Gasteiger partial charge on any atom is -0.478 e. The molecule has 0 saturated carbocycles. The number of aromatic nitrogens is 2. The summed E-state index contributed by atoms with van der Waals surface area (Å²) >= 11 is 6.49. The molecule has 1 aromatic heterocycles. The highest BCUT2D eigenvalue weighted by Gasteiger charge is 2.18. The Morgan fingerprint density at radius 1 is 1.03 bits per heavy atom. The standard InChI is InChI=1S/C27H31ClN4O4/c1-4-5-10-23-30-25(28)22(15-16-24(33)31(2)3)32(23)17-18-11-13-19(14-12-18)29-26(34)20-8-6-7-9-21(20)27(35)36/h6-9,11-14H,4-5,10,15-17H2,1-3H3,(H,29,34)(H,35,36). The summed E-state index contributed by atoms with van der Waals surface area (Å²) in [5.41, 5.74) is 2.41. The molecule has 0 fully saturated rings. The highest BCUT2D eigenvalue weighted by Crippen LogP contribution is 2.23. The van der Waals surface area contributed by atoms with Crippen LogP contribution < -0.4 is 5.32 Å². The fraction of sp³-hybridized carbons (Fsp3) is 0.333. The van der Waals surface area contributed by atoms with Gasteiger partial charge in [0.1, 0.15) is 5.82 Å². The molecule has 0 atom stereocenters. The number of hydrogen-bond acceptors (Lipinski definition) is 4. The van der Waals surface area contributed by atoms with Crippen LogP contribution in [0.1, 0.15) is 64.0 Å². The molecular formula is C27H31ClN4O4. The van der Waals surface area contributed by atoms with Crippen molar-refractivity contribution in [3.05, 3.63) is 81.9 Å².